The van der Waals surface area contributed by atoms with Crippen molar-refractivity contribution >= 4 is 15.7 Å². The van der Waals surface area contributed by atoms with Crippen molar-refractivity contribution in [2.75, 3.05) is 25.5 Å². The minimum absolute atomic E-state index is 0.188. The van der Waals surface area contributed by atoms with E-state index in [1.807, 2.05) is 24.3 Å². The van der Waals surface area contributed by atoms with Crippen molar-refractivity contribution in [3.05, 3.63) is 53.7 Å². The molecule has 2 aliphatic heterocycles. The van der Waals surface area contributed by atoms with Crippen LogP contribution in [0.25, 0.3) is 5.69 Å². The van der Waals surface area contributed by atoms with E-state index in [0.29, 0.717) is 37.4 Å². The number of hydrogen-bond donors (Lipinski definition) is 1. The number of fused-ring (bicyclic) bond motifs is 4. The van der Waals surface area contributed by atoms with Crippen LogP contribution in [0.1, 0.15) is 30.0 Å². The highest BCUT2D eigenvalue weighted by atomic mass is 32.2. The predicted molar refractivity (Wildman–Crippen MR) is 112 cm³/mol. The fourth-order valence-corrected chi connectivity index (χ4v) is 6.45. The van der Waals surface area contributed by atoms with Gasteiger partial charge in [-0.15, -0.1) is 0 Å². The summed E-state index contributed by atoms with van der Waals surface area (Å²) in [5.74, 6) is 1.11. The van der Waals surface area contributed by atoms with Crippen LogP contribution in [-0.4, -0.2) is 42.6 Å². The molecule has 0 saturated carbocycles. The molecule has 30 heavy (non-hydrogen) atoms. The molecular formula is C21H24N4O4S. The summed E-state index contributed by atoms with van der Waals surface area (Å²) >= 11 is 0. The van der Waals surface area contributed by atoms with Crippen molar-refractivity contribution in [2.24, 2.45) is 0 Å². The lowest BCUT2D eigenvalue weighted by molar-refractivity contribution is 0.247. The average molecular weight is 429 g/mol. The number of hydrogen-bond acceptors (Lipinski definition) is 6. The largest absolute Gasteiger partial charge is 0.497 e. The summed E-state index contributed by atoms with van der Waals surface area (Å²) in [5, 5.41) is 7.52. The Morgan fingerprint density at radius 1 is 1.20 bits per heavy atom. The summed E-state index contributed by atoms with van der Waals surface area (Å²) < 4.78 is 40.7. The van der Waals surface area contributed by atoms with E-state index in [1.165, 1.54) is 0 Å². The Kier molecular flexibility index (Phi) is 4.23. The molecule has 0 aliphatic carbocycles. The van der Waals surface area contributed by atoms with Gasteiger partial charge < -0.3 is 19.1 Å². The van der Waals surface area contributed by atoms with Crippen LogP contribution in [-0.2, 0) is 15.6 Å². The Labute approximate surface area is 175 Å². The maximum atomic E-state index is 13.2. The highest BCUT2D eigenvalue weighted by Crippen LogP contribution is 2.45. The summed E-state index contributed by atoms with van der Waals surface area (Å²) in [4.78, 5) is 0.188. The van der Waals surface area contributed by atoms with Crippen molar-refractivity contribution in [1.29, 1.82) is 0 Å². The molecule has 8 nitrogen and oxygen atoms in total. The van der Waals surface area contributed by atoms with Crippen LogP contribution in [0.4, 0.5) is 5.69 Å². The lowest BCUT2D eigenvalue weighted by Crippen LogP contribution is -2.51. The van der Waals surface area contributed by atoms with Gasteiger partial charge in [-0.05, 0) is 51.0 Å². The molecule has 1 saturated heterocycles. The summed E-state index contributed by atoms with van der Waals surface area (Å²) in [7, 11) is -2.00. The van der Waals surface area contributed by atoms with Gasteiger partial charge in [-0.3, -0.25) is 0 Å². The van der Waals surface area contributed by atoms with Crippen LogP contribution in [0.2, 0.25) is 0 Å². The highest BCUT2D eigenvalue weighted by Gasteiger charge is 2.44. The maximum Gasteiger partial charge on any atom is 0.248 e. The smallest absolute Gasteiger partial charge is 0.248 e. The number of rotatable bonds is 3. The summed E-state index contributed by atoms with van der Waals surface area (Å²) in [6.07, 6.45) is 3.35. The van der Waals surface area contributed by atoms with Gasteiger partial charge in [0.05, 0.1) is 24.0 Å². The van der Waals surface area contributed by atoms with Crippen LogP contribution < -0.4 is 10.1 Å². The Bertz CT molecular complexity index is 1200. The molecule has 1 spiro atoms. The fourth-order valence-electron chi connectivity index (χ4n) is 4.72. The first-order valence-electron chi connectivity index (χ1n) is 9.93. The Morgan fingerprint density at radius 3 is 2.63 bits per heavy atom. The number of ether oxygens (including phenoxy) is 1. The molecule has 2 aromatic heterocycles. The van der Waals surface area contributed by atoms with E-state index in [9.17, 15) is 8.42 Å². The molecule has 5 rings (SSSR count). The maximum absolute atomic E-state index is 13.2. The molecule has 9 heteroatoms. The first kappa shape index (κ1) is 19.2. The monoisotopic (exact) mass is 428 g/mol. The van der Waals surface area contributed by atoms with Crippen molar-refractivity contribution in [3.8, 4) is 11.4 Å². The van der Waals surface area contributed by atoms with E-state index in [1.54, 1.807) is 25.3 Å². The number of aryl methyl sites for hydroxylation is 2. The van der Waals surface area contributed by atoms with Gasteiger partial charge in [0.2, 0.25) is 10.0 Å². The Morgan fingerprint density at radius 2 is 1.97 bits per heavy atom. The first-order valence-corrected chi connectivity index (χ1v) is 11.4. The third kappa shape index (κ3) is 2.69. The molecule has 3 aromatic rings. The molecule has 158 valence electrons. The van der Waals surface area contributed by atoms with Gasteiger partial charge in [0.25, 0.3) is 0 Å². The number of nitrogens with one attached hydrogen (secondary N) is 1. The van der Waals surface area contributed by atoms with E-state index >= 15 is 0 Å². The first-order chi connectivity index (χ1) is 14.4. The average Bonchev–Trinajstić information content (AvgIpc) is 3.35. The SMILES string of the molecule is COc1ccc2c(c1)NC1(CCN(S(=O)(=O)c3c(C)noc3C)CC1)c1cccn1-2. The second-order valence-corrected chi connectivity index (χ2v) is 9.79. The van der Waals surface area contributed by atoms with Crippen LogP contribution in [0.3, 0.4) is 0 Å². The van der Waals surface area contributed by atoms with E-state index in [2.05, 4.69) is 27.3 Å². The minimum atomic E-state index is -3.65. The van der Waals surface area contributed by atoms with Gasteiger partial charge in [0.1, 0.15) is 16.3 Å². The number of nitrogens with zero attached hydrogens (tertiary/aromatic N) is 3. The van der Waals surface area contributed by atoms with Gasteiger partial charge in [-0.1, -0.05) is 5.16 Å². The summed E-state index contributed by atoms with van der Waals surface area (Å²) in [6.45, 7) is 4.11. The molecule has 1 aromatic carbocycles. The number of methoxy groups -OCH3 is 1. The van der Waals surface area contributed by atoms with E-state index < -0.39 is 10.0 Å². The number of benzene rings is 1. The number of piperidine rings is 1. The van der Waals surface area contributed by atoms with E-state index in [0.717, 1.165) is 22.8 Å². The summed E-state index contributed by atoms with van der Waals surface area (Å²) in [5.41, 5.74) is 3.26. The number of aromatic nitrogens is 2. The van der Waals surface area contributed by atoms with Gasteiger partial charge in [-0.25, -0.2) is 8.42 Å². The van der Waals surface area contributed by atoms with E-state index in [4.69, 9.17) is 9.26 Å². The third-order valence-electron chi connectivity index (χ3n) is 6.22. The molecule has 2 aliphatic rings. The zero-order chi connectivity index (χ0) is 21.1. The molecule has 1 fully saturated rings. The van der Waals surface area contributed by atoms with Gasteiger partial charge in [0.15, 0.2) is 5.76 Å². The standard InChI is InChI=1S/C21H24N4O4S/c1-14-20(15(2)29-23-14)30(26,27)24-11-8-21(9-12-24)19-5-4-10-25(19)18-7-6-16(28-3)13-17(18)22-21/h4-7,10,13,22H,8-9,11-12H2,1-3H3. The lowest BCUT2D eigenvalue weighted by Gasteiger charge is -2.45. The Balaban J connectivity index is 1.47. The second-order valence-electron chi connectivity index (χ2n) is 7.91. The molecule has 4 heterocycles. The topological polar surface area (TPSA) is 89.6 Å². The Hall–Kier alpha value is -2.78. The van der Waals surface area contributed by atoms with Crippen LogP contribution in [0.15, 0.2) is 45.9 Å². The number of sulfonamides is 1. The van der Waals surface area contributed by atoms with Crippen molar-refractivity contribution in [1.82, 2.24) is 14.0 Å². The van der Waals surface area contributed by atoms with Crippen molar-refractivity contribution in [2.45, 2.75) is 37.1 Å². The fraction of sp³-hybridized carbons (Fsp3) is 0.381. The summed E-state index contributed by atoms with van der Waals surface area (Å²) in [6, 6.07) is 10.1. The van der Waals surface area contributed by atoms with Gasteiger partial charge >= 0.3 is 0 Å². The molecule has 0 unspecified atom stereocenters. The molecule has 1 N–H and O–H groups in total. The predicted octanol–water partition coefficient (Wildman–Crippen LogP) is 3.20. The highest BCUT2D eigenvalue weighted by molar-refractivity contribution is 7.89. The zero-order valence-corrected chi connectivity index (χ0v) is 18.0. The van der Waals surface area contributed by atoms with Crippen molar-refractivity contribution in [3.63, 3.8) is 0 Å². The molecular weight excluding hydrogens is 404 g/mol. The molecule has 0 amide bonds. The molecule has 0 radical (unpaired) electrons. The second kappa shape index (κ2) is 6.61. The minimum Gasteiger partial charge on any atom is -0.497 e. The molecule has 0 atom stereocenters. The normalized spacial score (nSPS) is 18.0. The van der Waals surface area contributed by atoms with Gasteiger partial charge in [-0.2, -0.15) is 4.31 Å². The molecule has 0 bridgehead atoms. The number of anilines is 1. The lowest BCUT2D eigenvalue weighted by atomic mass is 9.83. The van der Waals surface area contributed by atoms with Crippen LogP contribution in [0.5, 0.6) is 5.75 Å². The van der Waals surface area contributed by atoms with Gasteiger partial charge in [0, 0.05) is 31.0 Å². The zero-order valence-electron chi connectivity index (χ0n) is 17.2. The van der Waals surface area contributed by atoms with Crippen LogP contribution >= 0.6 is 0 Å². The quantitative estimate of drug-likeness (QED) is 0.689. The van der Waals surface area contributed by atoms with E-state index in [-0.39, 0.29) is 10.4 Å². The van der Waals surface area contributed by atoms with Crippen LogP contribution in [0, 0.1) is 13.8 Å². The van der Waals surface area contributed by atoms with Crippen molar-refractivity contribution < 1.29 is 17.7 Å². The third-order valence-corrected chi connectivity index (χ3v) is 8.36.